The van der Waals surface area contributed by atoms with Crippen molar-refractivity contribution in [2.75, 3.05) is 37.6 Å². The molecule has 0 saturated carbocycles. The summed E-state index contributed by atoms with van der Waals surface area (Å²) in [5, 5.41) is 0. The number of aromatic nitrogens is 2. The third-order valence-corrected chi connectivity index (χ3v) is 2.75. The molecule has 2 rings (SSSR count). The summed E-state index contributed by atoms with van der Waals surface area (Å²) >= 11 is 0. The highest BCUT2D eigenvalue weighted by Gasteiger charge is 2.27. The van der Waals surface area contributed by atoms with Crippen LogP contribution in [0.5, 0.6) is 0 Å². The maximum atomic E-state index is 12.8. The van der Waals surface area contributed by atoms with Crippen molar-refractivity contribution >= 4 is 5.82 Å². The lowest BCUT2D eigenvalue weighted by molar-refractivity contribution is -0.0155. The van der Waals surface area contributed by atoms with E-state index in [0.717, 1.165) is 25.8 Å². The van der Waals surface area contributed by atoms with Crippen molar-refractivity contribution in [1.82, 2.24) is 14.9 Å². The average Bonchev–Trinajstić information content (AvgIpc) is 2.29. The van der Waals surface area contributed by atoms with Crippen molar-refractivity contribution in [3.05, 3.63) is 18.6 Å². The SMILES string of the molecule is CC(F)(F)CN1CCN(c2cnccn2)CC1. The maximum Gasteiger partial charge on any atom is 0.257 e. The minimum atomic E-state index is -2.62. The van der Waals surface area contributed by atoms with E-state index in [-0.39, 0.29) is 6.54 Å². The van der Waals surface area contributed by atoms with E-state index in [9.17, 15) is 8.78 Å². The molecule has 0 radical (unpaired) electrons. The van der Waals surface area contributed by atoms with Gasteiger partial charge in [0, 0.05) is 45.5 Å². The maximum absolute atomic E-state index is 12.8. The molecule has 1 aliphatic heterocycles. The molecule has 0 unspecified atom stereocenters. The molecule has 0 atom stereocenters. The molecule has 1 fully saturated rings. The van der Waals surface area contributed by atoms with Gasteiger partial charge in [-0.1, -0.05) is 0 Å². The standard InChI is InChI=1S/C11H16F2N4/c1-11(12,13)9-16-4-6-17(7-5-16)10-8-14-2-3-15-10/h2-3,8H,4-7,9H2,1H3. The van der Waals surface area contributed by atoms with Gasteiger partial charge in [-0.2, -0.15) is 0 Å². The lowest BCUT2D eigenvalue weighted by Crippen LogP contribution is -2.49. The van der Waals surface area contributed by atoms with Gasteiger partial charge in [-0.15, -0.1) is 0 Å². The molecule has 1 aromatic rings. The molecule has 1 aromatic heterocycles. The molecule has 0 N–H and O–H groups in total. The Morgan fingerprint density at radius 1 is 1.24 bits per heavy atom. The zero-order valence-electron chi connectivity index (χ0n) is 9.81. The largest absolute Gasteiger partial charge is 0.353 e. The quantitative estimate of drug-likeness (QED) is 0.798. The summed E-state index contributed by atoms with van der Waals surface area (Å²) in [5.41, 5.74) is 0. The van der Waals surface area contributed by atoms with Crippen LogP contribution in [0.25, 0.3) is 0 Å². The summed E-state index contributed by atoms with van der Waals surface area (Å²) in [7, 11) is 0. The first-order valence-corrected chi connectivity index (χ1v) is 5.66. The first-order valence-electron chi connectivity index (χ1n) is 5.66. The number of piperazine rings is 1. The summed E-state index contributed by atoms with van der Waals surface area (Å²) in [6.45, 7) is 3.51. The van der Waals surface area contributed by atoms with Crippen molar-refractivity contribution < 1.29 is 8.78 Å². The Morgan fingerprint density at radius 2 is 1.94 bits per heavy atom. The van der Waals surface area contributed by atoms with Crippen LogP contribution in [0.1, 0.15) is 6.92 Å². The van der Waals surface area contributed by atoms with E-state index in [4.69, 9.17) is 0 Å². The Morgan fingerprint density at radius 3 is 2.47 bits per heavy atom. The third kappa shape index (κ3) is 3.59. The van der Waals surface area contributed by atoms with Gasteiger partial charge in [-0.05, 0) is 0 Å². The Labute approximate surface area is 99.3 Å². The van der Waals surface area contributed by atoms with Crippen LogP contribution in [0, 0.1) is 0 Å². The summed E-state index contributed by atoms with van der Waals surface area (Å²) < 4.78 is 25.7. The fraction of sp³-hybridized carbons (Fsp3) is 0.636. The zero-order valence-corrected chi connectivity index (χ0v) is 9.81. The van der Waals surface area contributed by atoms with Crippen molar-refractivity contribution in [2.45, 2.75) is 12.8 Å². The molecule has 0 bridgehead atoms. The van der Waals surface area contributed by atoms with Gasteiger partial charge in [0.1, 0.15) is 5.82 Å². The van der Waals surface area contributed by atoms with Crippen molar-refractivity contribution in [3.8, 4) is 0 Å². The van der Waals surface area contributed by atoms with Crippen LogP contribution in [0.4, 0.5) is 14.6 Å². The van der Waals surface area contributed by atoms with Crippen LogP contribution in [-0.2, 0) is 0 Å². The van der Waals surface area contributed by atoms with Crippen LogP contribution in [0.15, 0.2) is 18.6 Å². The average molecular weight is 242 g/mol. The molecule has 1 aliphatic rings. The second-order valence-electron chi connectivity index (χ2n) is 4.40. The van der Waals surface area contributed by atoms with Gasteiger partial charge in [0.25, 0.3) is 5.92 Å². The van der Waals surface area contributed by atoms with Gasteiger partial charge in [0.05, 0.1) is 12.7 Å². The smallest absolute Gasteiger partial charge is 0.257 e. The van der Waals surface area contributed by atoms with Crippen LogP contribution < -0.4 is 4.90 Å². The first kappa shape index (κ1) is 12.2. The molecular weight excluding hydrogens is 226 g/mol. The Balaban J connectivity index is 1.86. The van der Waals surface area contributed by atoms with Gasteiger partial charge in [-0.3, -0.25) is 9.88 Å². The summed E-state index contributed by atoms with van der Waals surface area (Å²) in [6, 6.07) is 0. The zero-order chi connectivity index (χ0) is 12.3. The number of rotatable bonds is 3. The normalized spacial score (nSPS) is 18.4. The molecule has 0 aromatic carbocycles. The minimum Gasteiger partial charge on any atom is -0.353 e. The monoisotopic (exact) mass is 242 g/mol. The Hall–Kier alpha value is -1.30. The van der Waals surface area contributed by atoms with Gasteiger partial charge >= 0.3 is 0 Å². The summed E-state index contributed by atoms with van der Waals surface area (Å²) in [5.74, 6) is -1.80. The summed E-state index contributed by atoms with van der Waals surface area (Å²) in [6.07, 6.45) is 4.96. The number of anilines is 1. The van der Waals surface area contributed by atoms with Gasteiger partial charge in [0.2, 0.25) is 0 Å². The van der Waals surface area contributed by atoms with Crippen LogP contribution in [0.3, 0.4) is 0 Å². The molecule has 0 aliphatic carbocycles. The predicted octanol–water partition coefficient (Wildman–Crippen LogP) is 1.25. The second-order valence-corrected chi connectivity index (χ2v) is 4.40. The van der Waals surface area contributed by atoms with Crippen LogP contribution in [0.2, 0.25) is 0 Å². The van der Waals surface area contributed by atoms with Crippen LogP contribution >= 0.6 is 0 Å². The predicted molar refractivity (Wildman–Crippen MR) is 61.3 cm³/mol. The van der Waals surface area contributed by atoms with E-state index in [0.29, 0.717) is 13.1 Å². The minimum absolute atomic E-state index is 0.165. The fourth-order valence-corrected chi connectivity index (χ4v) is 1.98. The van der Waals surface area contributed by atoms with Crippen molar-refractivity contribution in [3.63, 3.8) is 0 Å². The lowest BCUT2D eigenvalue weighted by atomic mass is 10.2. The van der Waals surface area contributed by atoms with Crippen LogP contribution in [-0.4, -0.2) is 53.5 Å². The van der Waals surface area contributed by atoms with Crippen molar-refractivity contribution in [2.24, 2.45) is 0 Å². The lowest BCUT2D eigenvalue weighted by Gasteiger charge is -2.36. The topological polar surface area (TPSA) is 32.3 Å². The van der Waals surface area contributed by atoms with E-state index in [1.807, 2.05) is 0 Å². The second kappa shape index (κ2) is 4.91. The molecular formula is C11H16F2N4. The molecule has 17 heavy (non-hydrogen) atoms. The van der Waals surface area contributed by atoms with Gasteiger partial charge in [-0.25, -0.2) is 13.8 Å². The number of hydrogen-bond donors (Lipinski definition) is 0. The van der Waals surface area contributed by atoms with E-state index in [2.05, 4.69) is 14.9 Å². The molecule has 94 valence electrons. The van der Waals surface area contributed by atoms with Gasteiger partial charge in [0.15, 0.2) is 0 Å². The number of hydrogen-bond acceptors (Lipinski definition) is 4. The van der Waals surface area contributed by atoms with E-state index >= 15 is 0 Å². The van der Waals surface area contributed by atoms with E-state index in [1.165, 1.54) is 0 Å². The molecule has 2 heterocycles. The molecule has 6 heteroatoms. The first-order chi connectivity index (χ1) is 8.04. The number of halogens is 2. The van der Waals surface area contributed by atoms with E-state index in [1.54, 1.807) is 23.5 Å². The molecule has 0 amide bonds. The molecule has 4 nitrogen and oxygen atoms in total. The highest BCUT2D eigenvalue weighted by molar-refractivity contribution is 5.35. The molecule has 1 saturated heterocycles. The van der Waals surface area contributed by atoms with Gasteiger partial charge < -0.3 is 4.90 Å². The highest BCUT2D eigenvalue weighted by Crippen LogP contribution is 2.16. The fourth-order valence-electron chi connectivity index (χ4n) is 1.98. The Bertz CT molecular complexity index is 344. The summed E-state index contributed by atoms with van der Waals surface area (Å²) in [4.78, 5) is 12.1. The number of nitrogens with zero attached hydrogens (tertiary/aromatic N) is 4. The highest BCUT2D eigenvalue weighted by atomic mass is 19.3. The molecule has 0 spiro atoms. The number of alkyl halides is 2. The Kier molecular flexibility index (Phi) is 3.51. The van der Waals surface area contributed by atoms with E-state index < -0.39 is 5.92 Å². The third-order valence-electron chi connectivity index (χ3n) is 2.75. The van der Waals surface area contributed by atoms with Crippen molar-refractivity contribution in [1.29, 1.82) is 0 Å².